The smallest absolute Gasteiger partial charge is 0.215 e. The molecule has 0 aliphatic carbocycles. The lowest BCUT2D eigenvalue weighted by atomic mass is 10.1. The molecule has 7 nitrogen and oxygen atoms in total. The topological polar surface area (TPSA) is 74.8 Å². The molecule has 0 bridgehead atoms. The summed E-state index contributed by atoms with van der Waals surface area (Å²) in [7, 11) is 1.91. The second kappa shape index (κ2) is 9.94. The first kappa shape index (κ1) is 21.3. The van der Waals surface area contributed by atoms with Crippen LogP contribution >= 0.6 is 0 Å². The third kappa shape index (κ3) is 5.24. The molecule has 0 unspecified atom stereocenters. The molecule has 0 saturated carbocycles. The van der Waals surface area contributed by atoms with Crippen LogP contribution in [-0.4, -0.2) is 62.7 Å². The Morgan fingerprint density at radius 1 is 1.23 bits per heavy atom. The van der Waals surface area contributed by atoms with Gasteiger partial charge in [0.25, 0.3) is 0 Å². The SMILES string of the molecule is CNCCOc1cc(N2CCOCC2)cc(C=NCc2ccc3[nH]c(C)c(C)c3c2)n1. The number of H-pyrrole nitrogens is 1. The summed E-state index contributed by atoms with van der Waals surface area (Å²) < 4.78 is 11.3. The first-order valence-electron chi connectivity index (χ1n) is 10.8. The Morgan fingerprint density at radius 2 is 2.06 bits per heavy atom. The fraction of sp³-hybridized carbons (Fsp3) is 0.417. The first-order valence-corrected chi connectivity index (χ1v) is 10.8. The number of benzene rings is 1. The van der Waals surface area contributed by atoms with E-state index in [1.54, 1.807) is 0 Å². The van der Waals surface area contributed by atoms with Gasteiger partial charge in [0, 0.05) is 54.2 Å². The van der Waals surface area contributed by atoms with Crippen LogP contribution in [0.15, 0.2) is 35.3 Å². The van der Waals surface area contributed by atoms with Crippen molar-refractivity contribution in [3.05, 3.63) is 52.8 Å². The van der Waals surface area contributed by atoms with Crippen LogP contribution in [0, 0.1) is 13.8 Å². The molecule has 1 aromatic carbocycles. The minimum absolute atomic E-state index is 0.572. The van der Waals surface area contributed by atoms with E-state index < -0.39 is 0 Å². The van der Waals surface area contributed by atoms with E-state index in [0.29, 0.717) is 19.0 Å². The first-order chi connectivity index (χ1) is 15.1. The summed E-state index contributed by atoms with van der Waals surface area (Å²) in [6.07, 6.45) is 1.84. The molecule has 31 heavy (non-hydrogen) atoms. The van der Waals surface area contributed by atoms with Gasteiger partial charge in [0.15, 0.2) is 0 Å². The normalized spacial score (nSPS) is 14.6. The average molecular weight is 422 g/mol. The lowest BCUT2D eigenvalue weighted by Gasteiger charge is -2.29. The summed E-state index contributed by atoms with van der Waals surface area (Å²) in [5, 5.41) is 4.35. The molecule has 0 atom stereocenters. The Balaban J connectivity index is 1.52. The number of hydrogen-bond donors (Lipinski definition) is 2. The molecule has 164 valence electrons. The van der Waals surface area contributed by atoms with Gasteiger partial charge in [-0.15, -0.1) is 0 Å². The Kier molecular flexibility index (Phi) is 6.84. The lowest BCUT2D eigenvalue weighted by molar-refractivity contribution is 0.122. The molecule has 7 heteroatoms. The third-order valence-electron chi connectivity index (χ3n) is 5.65. The second-order valence-electron chi connectivity index (χ2n) is 7.86. The largest absolute Gasteiger partial charge is 0.476 e. The van der Waals surface area contributed by atoms with Crippen LogP contribution in [-0.2, 0) is 11.3 Å². The van der Waals surface area contributed by atoms with E-state index in [1.807, 2.05) is 19.3 Å². The Morgan fingerprint density at radius 3 is 2.87 bits per heavy atom. The monoisotopic (exact) mass is 421 g/mol. The molecule has 1 aliphatic rings. The summed E-state index contributed by atoms with van der Waals surface area (Å²) >= 11 is 0. The standard InChI is InChI=1S/C24H31N5O2/c1-17-18(2)27-23-5-4-19(12-22(17)23)15-26-16-20-13-21(29-7-10-30-11-8-29)14-24(28-20)31-9-6-25-3/h4-5,12-14,16,25,27H,6-11,15H2,1-3H3. The average Bonchev–Trinajstić information content (AvgIpc) is 3.08. The van der Waals surface area contributed by atoms with Crippen molar-refractivity contribution in [3.63, 3.8) is 0 Å². The summed E-state index contributed by atoms with van der Waals surface area (Å²) in [6.45, 7) is 9.42. The van der Waals surface area contributed by atoms with Crippen molar-refractivity contribution >= 4 is 22.8 Å². The van der Waals surface area contributed by atoms with Crippen molar-refractivity contribution in [2.45, 2.75) is 20.4 Å². The van der Waals surface area contributed by atoms with Crippen LogP contribution in [0.3, 0.4) is 0 Å². The number of ether oxygens (including phenoxy) is 2. The number of aromatic nitrogens is 2. The molecular formula is C24H31N5O2. The molecule has 2 aromatic heterocycles. The zero-order valence-corrected chi connectivity index (χ0v) is 18.6. The highest BCUT2D eigenvalue weighted by atomic mass is 16.5. The number of anilines is 1. The number of aliphatic imine (C=N–C) groups is 1. The van der Waals surface area contributed by atoms with Crippen molar-refractivity contribution in [1.29, 1.82) is 0 Å². The Bertz CT molecular complexity index is 1050. The fourth-order valence-corrected chi connectivity index (χ4v) is 3.76. The molecule has 0 amide bonds. The third-order valence-corrected chi connectivity index (χ3v) is 5.65. The van der Waals surface area contributed by atoms with Crippen LogP contribution in [0.25, 0.3) is 10.9 Å². The van der Waals surface area contributed by atoms with Crippen molar-refractivity contribution in [2.75, 3.05) is 51.4 Å². The molecule has 1 fully saturated rings. The zero-order chi connectivity index (χ0) is 21.6. The number of rotatable bonds is 8. The molecule has 0 radical (unpaired) electrons. The van der Waals surface area contributed by atoms with Gasteiger partial charge < -0.3 is 24.7 Å². The fourth-order valence-electron chi connectivity index (χ4n) is 3.76. The van der Waals surface area contributed by atoms with Crippen LogP contribution < -0.4 is 15.0 Å². The minimum atomic E-state index is 0.572. The maximum absolute atomic E-state index is 5.85. The van der Waals surface area contributed by atoms with Gasteiger partial charge in [-0.05, 0) is 50.2 Å². The molecular weight excluding hydrogens is 390 g/mol. The summed E-state index contributed by atoms with van der Waals surface area (Å²) in [5.41, 5.74) is 6.76. The van der Waals surface area contributed by atoms with Crippen molar-refractivity contribution in [2.24, 2.45) is 4.99 Å². The summed E-state index contributed by atoms with van der Waals surface area (Å²) in [4.78, 5) is 15.0. The highest BCUT2D eigenvalue weighted by Crippen LogP contribution is 2.24. The van der Waals surface area contributed by atoms with E-state index in [0.717, 1.165) is 44.2 Å². The molecule has 2 N–H and O–H groups in total. The maximum atomic E-state index is 5.85. The van der Waals surface area contributed by atoms with Gasteiger partial charge in [0.1, 0.15) is 6.61 Å². The van der Waals surface area contributed by atoms with Gasteiger partial charge in [0.2, 0.25) is 5.88 Å². The number of hydrogen-bond acceptors (Lipinski definition) is 6. The van der Waals surface area contributed by atoms with Gasteiger partial charge in [-0.25, -0.2) is 4.98 Å². The molecule has 1 aliphatic heterocycles. The molecule has 1 saturated heterocycles. The van der Waals surface area contributed by atoms with Crippen LogP contribution in [0.5, 0.6) is 5.88 Å². The number of fused-ring (bicyclic) bond motifs is 1. The van der Waals surface area contributed by atoms with Crippen molar-refractivity contribution < 1.29 is 9.47 Å². The number of morpholine rings is 1. The minimum Gasteiger partial charge on any atom is -0.476 e. The Labute approximate surface area is 183 Å². The van der Waals surface area contributed by atoms with Gasteiger partial charge in [-0.3, -0.25) is 4.99 Å². The molecule has 3 aromatic rings. The van der Waals surface area contributed by atoms with Gasteiger partial charge in [-0.2, -0.15) is 0 Å². The quantitative estimate of drug-likeness (QED) is 0.431. The van der Waals surface area contributed by atoms with Crippen LogP contribution in [0.2, 0.25) is 0 Å². The van der Waals surface area contributed by atoms with Gasteiger partial charge >= 0.3 is 0 Å². The molecule has 0 spiro atoms. The second-order valence-corrected chi connectivity index (χ2v) is 7.86. The van der Waals surface area contributed by atoms with Gasteiger partial charge in [-0.1, -0.05) is 6.07 Å². The van der Waals surface area contributed by atoms with E-state index in [9.17, 15) is 0 Å². The lowest BCUT2D eigenvalue weighted by Crippen LogP contribution is -2.36. The zero-order valence-electron chi connectivity index (χ0n) is 18.6. The maximum Gasteiger partial charge on any atom is 0.215 e. The summed E-state index contributed by atoms with van der Waals surface area (Å²) in [6, 6.07) is 10.5. The predicted octanol–water partition coefficient (Wildman–Crippen LogP) is 3.23. The summed E-state index contributed by atoms with van der Waals surface area (Å²) in [5.74, 6) is 0.625. The van der Waals surface area contributed by atoms with E-state index in [1.165, 1.54) is 27.7 Å². The number of nitrogens with zero attached hydrogens (tertiary/aromatic N) is 3. The molecule has 3 heterocycles. The van der Waals surface area contributed by atoms with Crippen molar-refractivity contribution in [3.8, 4) is 5.88 Å². The highest BCUT2D eigenvalue weighted by Gasteiger charge is 2.14. The number of likely N-dealkylation sites (N-methyl/N-ethyl adjacent to an activating group) is 1. The highest BCUT2D eigenvalue weighted by molar-refractivity contribution is 5.85. The number of aromatic amines is 1. The van der Waals surface area contributed by atoms with E-state index in [2.05, 4.69) is 63.3 Å². The van der Waals surface area contributed by atoms with Crippen LogP contribution in [0.1, 0.15) is 22.5 Å². The Hall–Kier alpha value is -2.90. The van der Waals surface area contributed by atoms with E-state index in [4.69, 9.17) is 9.47 Å². The van der Waals surface area contributed by atoms with Gasteiger partial charge in [0.05, 0.1) is 25.5 Å². The van der Waals surface area contributed by atoms with Crippen LogP contribution in [0.4, 0.5) is 5.69 Å². The number of pyridine rings is 1. The number of nitrogens with one attached hydrogen (secondary N) is 2. The molecule has 4 rings (SSSR count). The van der Waals surface area contributed by atoms with E-state index >= 15 is 0 Å². The predicted molar refractivity (Wildman–Crippen MR) is 126 cm³/mol. The van der Waals surface area contributed by atoms with E-state index in [-0.39, 0.29) is 0 Å². The van der Waals surface area contributed by atoms with Crippen molar-refractivity contribution in [1.82, 2.24) is 15.3 Å². The number of aryl methyl sites for hydroxylation is 2.